The second kappa shape index (κ2) is 7.84. The zero-order valence-electron chi connectivity index (χ0n) is 11.0. The molecule has 0 heterocycles. The predicted molar refractivity (Wildman–Crippen MR) is 77.2 cm³/mol. The number of carboxylic acids is 1. The summed E-state index contributed by atoms with van der Waals surface area (Å²) in [5, 5.41) is 14.0. The van der Waals surface area contributed by atoms with Crippen LogP contribution in [0.1, 0.15) is 19.8 Å². The van der Waals surface area contributed by atoms with Crippen LogP contribution in [-0.2, 0) is 4.79 Å². The molecule has 110 valence electrons. The zero-order chi connectivity index (χ0) is 15.1. The van der Waals surface area contributed by atoms with Gasteiger partial charge < -0.3 is 15.7 Å². The number of urea groups is 1. The molecule has 1 rings (SSSR count). The van der Waals surface area contributed by atoms with Gasteiger partial charge >= 0.3 is 12.0 Å². The lowest BCUT2D eigenvalue weighted by Gasteiger charge is -2.13. The smallest absolute Gasteiger partial charge is 0.319 e. The fraction of sp³-hybridized carbons (Fsp3) is 0.385. The van der Waals surface area contributed by atoms with Crippen molar-refractivity contribution in [2.45, 2.75) is 19.8 Å². The molecule has 1 unspecified atom stereocenters. The Morgan fingerprint density at radius 3 is 2.70 bits per heavy atom. The van der Waals surface area contributed by atoms with E-state index in [9.17, 15) is 14.0 Å². The molecule has 0 radical (unpaired) electrons. The van der Waals surface area contributed by atoms with E-state index in [2.05, 4.69) is 26.6 Å². The van der Waals surface area contributed by atoms with Gasteiger partial charge in [0.1, 0.15) is 5.82 Å². The monoisotopic (exact) mass is 346 g/mol. The lowest BCUT2D eigenvalue weighted by molar-refractivity contribution is -0.141. The summed E-state index contributed by atoms with van der Waals surface area (Å²) in [4.78, 5) is 22.6. The number of carboxylic acid groups (broad SMARTS) is 1. The highest BCUT2D eigenvalue weighted by Crippen LogP contribution is 2.22. The van der Waals surface area contributed by atoms with Crippen molar-refractivity contribution in [1.29, 1.82) is 0 Å². The van der Waals surface area contributed by atoms with Crippen molar-refractivity contribution in [2.75, 3.05) is 11.9 Å². The highest BCUT2D eigenvalue weighted by molar-refractivity contribution is 9.10. The molecule has 0 aliphatic heterocycles. The third kappa shape index (κ3) is 5.16. The molecule has 0 aromatic heterocycles. The SMILES string of the molecule is CCCC(CNC(=O)Nc1ccc(F)cc1Br)C(=O)O. The van der Waals surface area contributed by atoms with Gasteiger partial charge in [0.05, 0.1) is 11.6 Å². The van der Waals surface area contributed by atoms with Gasteiger partial charge in [-0.2, -0.15) is 0 Å². The van der Waals surface area contributed by atoms with Crippen LogP contribution in [0, 0.1) is 11.7 Å². The molecule has 0 aliphatic carbocycles. The number of nitrogens with one attached hydrogen (secondary N) is 2. The van der Waals surface area contributed by atoms with E-state index in [0.29, 0.717) is 16.6 Å². The van der Waals surface area contributed by atoms with Crippen LogP contribution >= 0.6 is 15.9 Å². The minimum absolute atomic E-state index is 0.0494. The van der Waals surface area contributed by atoms with E-state index >= 15 is 0 Å². The average Bonchev–Trinajstić information content (AvgIpc) is 2.37. The van der Waals surface area contributed by atoms with E-state index in [1.165, 1.54) is 18.2 Å². The molecular formula is C13H16BrFN2O3. The third-order valence-corrected chi connectivity index (χ3v) is 3.33. The Morgan fingerprint density at radius 1 is 1.45 bits per heavy atom. The van der Waals surface area contributed by atoms with E-state index in [0.717, 1.165) is 6.42 Å². The van der Waals surface area contributed by atoms with Crippen molar-refractivity contribution >= 4 is 33.6 Å². The van der Waals surface area contributed by atoms with Crippen LogP contribution in [0.2, 0.25) is 0 Å². The van der Waals surface area contributed by atoms with Gasteiger partial charge in [-0.15, -0.1) is 0 Å². The van der Waals surface area contributed by atoms with Crippen LogP contribution in [0.3, 0.4) is 0 Å². The Balaban J connectivity index is 2.53. The minimum Gasteiger partial charge on any atom is -0.481 e. The largest absolute Gasteiger partial charge is 0.481 e. The van der Waals surface area contributed by atoms with E-state index < -0.39 is 23.7 Å². The van der Waals surface area contributed by atoms with Crippen molar-refractivity contribution in [3.63, 3.8) is 0 Å². The van der Waals surface area contributed by atoms with E-state index in [-0.39, 0.29) is 6.54 Å². The molecule has 1 atom stereocenters. The molecule has 5 nitrogen and oxygen atoms in total. The summed E-state index contributed by atoms with van der Waals surface area (Å²) >= 11 is 3.13. The maximum atomic E-state index is 12.9. The number of benzene rings is 1. The first-order chi connectivity index (χ1) is 9.43. The van der Waals surface area contributed by atoms with Crippen molar-refractivity contribution in [1.82, 2.24) is 5.32 Å². The highest BCUT2D eigenvalue weighted by Gasteiger charge is 2.17. The third-order valence-electron chi connectivity index (χ3n) is 2.67. The van der Waals surface area contributed by atoms with Gasteiger partial charge in [0.2, 0.25) is 0 Å². The number of amides is 2. The molecule has 0 saturated heterocycles. The normalized spacial score (nSPS) is 11.8. The van der Waals surface area contributed by atoms with Gasteiger partial charge in [-0.25, -0.2) is 9.18 Å². The molecule has 7 heteroatoms. The first-order valence-corrected chi connectivity index (χ1v) is 6.96. The standard InChI is InChI=1S/C13H16BrFN2O3/c1-2-3-8(12(18)19)7-16-13(20)17-11-5-4-9(15)6-10(11)14/h4-6,8H,2-3,7H2,1H3,(H,18,19)(H2,16,17,20). The number of rotatable bonds is 6. The Hall–Kier alpha value is -1.63. The van der Waals surface area contributed by atoms with Crippen LogP contribution < -0.4 is 10.6 Å². The maximum absolute atomic E-state index is 12.9. The van der Waals surface area contributed by atoms with Crippen LogP contribution in [-0.4, -0.2) is 23.7 Å². The van der Waals surface area contributed by atoms with Crippen LogP contribution in [0.5, 0.6) is 0 Å². The number of halogens is 2. The molecule has 3 N–H and O–H groups in total. The van der Waals surface area contributed by atoms with Gasteiger partial charge in [0.15, 0.2) is 0 Å². The number of carbonyl (C=O) groups excluding carboxylic acids is 1. The quantitative estimate of drug-likeness (QED) is 0.739. The Morgan fingerprint density at radius 2 is 2.15 bits per heavy atom. The van der Waals surface area contributed by atoms with Crippen molar-refractivity contribution < 1.29 is 19.1 Å². The fourth-order valence-electron chi connectivity index (χ4n) is 1.63. The second-order valence-corrected chi connectivity index (χ2v) is 5.14. The molecule has 0 aliphatic rings. The van der Waals surface area contributed by atoms with E-state index in [4.69, 9.17) is 5.11 Å². The van der Waals surface area contributed by atoms with Gasteiger partial charge in [-0.05, 0) is 40.5 Å². The van der Waals surface area contributed by atoms with Gasteiger partial charge in [0, 0.05) is 11.0 Å². The number of hydrogen-bond acceptors (Lipinski definition) is 2. The van der Waals surface area contributed by atoms with Gasteiger partial charge in [0.25, 0.3) is 0 Å². The van der Waals surface area contributed by atoms with Crippen LogP contribution in [0.15, 0.2) is 22.7 Å². The summed E-state index contributed by atoms with van der Waals surface area (Å²) in [6.07, 6.45) is 1.22. The number of anilines is 1. The van der Waals surface area contributed by atoms with Gasteiger partial charge in [-0.3, -0.25) is 4.79 Å². The maximum Gasteiger partial charge on any atom is 0.319 e. The van der Waals surface area contributed by atoms with Crippen molar-refractivity contribution in [3.05, 3.63) is 28.5 Å². The summed E-state index contributed by atoms with van der Waals surface area (Å²) in [7, 11) is 0. The zero-order valence-corrected chi connectivity index (χ0v) is 12.5. The van der Waals surface area contributed by atoms with E-state index in [1.807, 2.05) is 6.92 Å². The summed E-state index contributed by atoms with van der Waals surface area (Å²) in [5.41, 5.74) is 0.409. The molecule has 0 bridgehead atoms. The van der Waals surface area contributed by atoms with Crippen LogP contribution in [0.4, 0.5) is 14.9 Å². The lowest BCUT2D eigenvalue weighted by atomic mass is 10.0. The molecule has 0 spiro atoms. The summed E-state index contributed by atoms with van der Waals surface area (Å²) in [6, 6.07) is 3.34. The molecule has 1 aromatic rings. The van der Waals surface area contributed by atoms with Crippen LogP contribution in [0.25, 0.3) is 0 Å². The Labute approximate surface area is 124 Å². The van der Waals surface area contributed by atoms with E-state index in [1.54, 1.807) is 0 Å². The summed E-state index contributed by atoms with van der Waals surface area (Å²) in [5.74, 6) is -1.96. The molecule has 2 amide bonds. The number of aliphatic carboxylic acids is 1. The van der Waals surface area contributed by atoms with Gasteiger partial charge in [-0.1, -0.05) is 13.3 Å². The van der Waals surface area contributed by atoms with Crippen molar-refractivity contribution in [2.24, 2.45) is 5.92 Å². The molecular weight excluding hydrogens is 331 g/mol. The minimum atomic E-state index is -0.935. The molecule has 0 saturated carbocycles. The summed E-state index contributed by atoms with van der Waals surface area (Å²) in [6.45, 7) is 1.93. The second-order valence-electron chi connectivity index (χ2n) is 4.28. The Kier molecular flexibility index (Phi) is 6.44. The highest BCUT2D eigenvalue weighted by atomic mass is 79.9. The average molecular weight is 347 g/mol. The molecule has 1 aromatic carbocycles. The first-order valence-electron chi connectivity index (χ1n) is 6.16. The number of hydrogen-bond donors (Lipinski definition) is 3. The Bertz CT molecular complexity index is 497. The molecule has 20 heavy (non-hydrogen) atoms. The fourth-order valence-corrected chi connectivity index (χ4v) is 2.08. The molecule has 0 fully saturated rings. The number of carbonyl (C=O) groups is 2. The lowest BCUT2D eigenvalue weighted by Crippen LogP contribution is -2.35. The van der Waals surface area contributed by atoms with Crippen molar-refractivity contribution in [3.8, 4) is 0 Å². The topological polar surface area (TPSA) is 78.4 Å². The summed E-state index contributed by atoms with van der Waals surface area (Å²) < 4.78 is 13.3. The predicted octanol–water partition coefficient (Wildman–Crippen LogP) is 3.21. The first kappa shape index (κ1) is 16.4.